The van der Waals surface area contributed by atoms with E-state index in [0.717, 1.165) is 20.1 Å². The predicted molar refractivity (Wildman–Crippen MR) is 115 cm³/mol. The second kappa shape index (κ2) is 9.60. The summed E-state index contributed by atoms with van der Waals surface area (Å²) in [7, 11) is -0.257. The van der Waals surface area contributed by atoms with Crippen LogP contribution in [0.1, 0.15) is 12.0 Å². The second-order valence-corrected chi connectivity index (χ2v) is 10.3. The second-order valence-electron chi connectivity index (χ2n) is 5.97. The zero-order chi connectivity index (χ0) is 20.0. The van der Waals surface area contributed by atoms with Crippen molar-refractivity contribution in [2.24, 2.45) is 0 Å². The van der Waals surface area contributed by atoms with Crippen LogP contribution in [0.4, 0.5) is 0 Å². The van der Waals surface area contributed by atoms with E-state index in [1.807, 2.05) is 24.3 Å². The first-order valence-electron chi connectivity index (χ1n) is 8.67. The summed E-state index contributed by atoms with van der Waals surface area (Å²) in [4.78, 5) is 4.55. The van der Waals surface area contributed by atoms with Crippen molar-refractivity contribution < 1.29 is 17.9 Å². The van der Waals surface area contributed by atoms with E-state index in [4.69, 9.17) is 9.47 Å². The third-order valence-electron chi connectivity index (χ3n) is 4.03. The fourth-order valence-electron chi connectivity index (χ4n) is 2.60. The average Bonchev–Trinajstić information content (AvgIpc) is 3.12. The Morgan fingerprint density at radius 1 is 1.14 bits per heavy atom. The van der Waals surface area contributed by atoms with Gasteiger partial charge in [-0.15, -0.1) is 11.3 Å². The normalized spacial score (nSPS) is 11.6. The lowest BCUT2D eigenvalue weighted by atomic mass is 10.2. The first-order chi connectivity index (χ1) is 13.5. The Morgan fingerprint density at radius 3 is 2.71 bits per heavy atom. The summed E-state index contributed by atoms with van der Waals surface area (Å²) < 4.78 is 39.8. The van der Waals surface area contributed by atoms with Gasteiger partial charge >= 0.3 is 0 Å². The molecule has 9 heteroatoms. The molecule has 1 N–H and O–H groups in total. The quantitative estimate of drug-likeness (QED) is 0.382. The molecule has 0 saturated heterocycles. The monoisotopic (exact) mass is 438 g/mol. The number of benzene rings is 2. The Morgan fingerprint density at radius 2 is 1.96 bits per heavy atom. The van der Waals surface area contributed by atoms with Gasteiger partial charge in [0, 0.05) is 17.9 Å². The molecule has 6 nitrogen and oxygen atoms in total. The van der Waals surface area contributed by atoms with Gasteiger partial charge in [0.2, 0.25) is 10.0 Å². The fraction of sp³-hybridized carbons (Fsp3) is 0.316. The van der Waals surface area contributed by atoms with Gasteiger partial charge in [-0.25, -0.2) is 18.1 Å². The Bertz CT molecular complexity index is 1000. The number of hydrogen-bond donors (Lipinski definition) is 1. The molecule has 0 amide bonds. The van der Waals surface area contributed by atoms with E-state index in [2.05, 4.69) is 9.71 Å². The van der Waals surface area contributed by atoms with E-state index in [1.54, 1.807) is 55.5 Å². The van der Waals surface area contributed by atoms with Gasteiger partial charge in [0.25, 0.3) is 0 Å². The average molecular weight is 439 g/mol. The Kier molecular flexibility index (Phi) is 7.17. The van der Waals surface area contributed by atoms with Crippen molar-refractivity contribution in [3.8, 4) is 11.5 Å². The van der Waals surface area contributed by atoms with Crippen LogP contribution in [0.3, 0.4) is 0 Å². The summed E-state index contributed by atoms with van der Waals surface area (Å²) in [6.45, 7) is 0.160. The Labute approximate surface area is 173 Å². The minimum absolute atomic E-state index is 0.0666. The number of methoxy groups -OCH3 is 2. The van der Waals surface area contributed by atoms with Gasteiger partial charge in [0.05, 0.1) is 30.2 Å². The molecule has 0 aliphatic carbocycles. The number of aromatic nitrogens is 1. The number of nitrogens with one attached hydrogen (secondary N) is 1. The van der Waals surface area contributed by atoms with Gasteiger partial charge in [-0.05, 0) is 36.8 Å². The Hall–Kier alpha value is -1.81. The van der Waals surface area contributed by atoms with Crippen molar-refractivity contribution in [2.45, 2.75) is 17.3 Å². The van der Waals surface area contributed by atoms with Gasteiger partial charge in [-0.2, -0.15) is 0 Å². The van der Waals surface area contributed by atoms with Crippen LogP contribution in [-0.4, -0.2) is 39.1 Å². The summed E-state index contributed by atoms with van der Waals surface area (Å²) in [6.07, 6.45) is 0.547. The molecule has 0 aliphatic rings. The summed E-state index contributed by atoms with van der Waals surface area (Å²) in [5, 5.41) is 0. The third kappa shape index (κ3) is 5.60. The highest BCUT2D eigenvalue weighted by atomic mass is 32.2. The maximum atomic E-state index is 12.3. The smallest absolute Gasteiger partial charge is 0.211 e. The van der Waals surface area contributed by atoms with Crippen LogP contribution in [0, 0.1) is 0 Å². The molecule has 0 atom stereocenters. The van der Waals surface area contributed by atoms with Crippen molar-refractivity contribution in [2.75, 3.05) is 25.7 Å². The molecule has 0 radical (unpaired) electrons. The minimum Gasteiger partial charge on any atom is -0.497 e. The molecular formula is C19H22N2O4S3. The molecular weight excluding hydrogens is 416 g/mol. The number of para-hydroxylation sites is 1. The highest BCUT2D eigenvalue weighted by Gasteiger charge is 2.13. The molecule has 2 aromatic carbocycles. The number of ether oxygens (including phenoxy) is 2. The topological polar surface area (TPSA) is 77.5 Å². The molecule has 0 fully saturated rings. The molecule has 0 saturated carbocycles. The largest absolute Gasteiger partial charge is 0.497 e. The van der Waals surface area contributed by atoms with E-state index in [9.17, 15) is 8.42 Å². The molecule has 3 aromatic rings. The van der Waals surface area contributed by atoms with Gasteiger partial charge in [0.15, 0.2) is 4.34 Å². The highest BCUT2D eigenvalue weighted by Crippen LogP contribution is 2.29. The van der Waals surface area contributed by atoms with Crippen LogP contribution in [0.25, 0.3) is 10.2 Å². The van der Waals surface area contributed by atoms with Crippen LogP contribution in [0.2, 0.25) is 0 Å². The maximum absolute atomic E-state index is 12.3. The molecule has 0 spiro atoms. The Balaban J connectivity index is 1.49. The van der Waals surface area contributed by atoms with Crippen molar-refractivity contribution in [3.05, 3.63) is 48.0 Å². The van der Waals surface area contributed by atoms with Crippen LogP contribution in [0.5, 0.6) is 11.5 Å². The van der Waals surface area contributed by atoms with Crippen molar-refractivity contribution in [1.82, 2.24) is 9.71 Å². The van der Waals surface area contributed by atoms with Crippen molar-refractivity contribution >= 4 is 43.3 Å². The molecule has 1 aromatic heterocycles. The van der Waals surface area contributed by atoms with Gasteiger partial charge in [0.1, 0.15) is 11.5 Å². The SMILES string of the molecule is COc1ccc(OC)c(CNS(=O)(=O)CCCSc2nc3ccccc3s2)c1. The fourth-order valence-corrected chi connectivity index (χ4v) is 5.91. The summed E-state index contributed by atoms with van der Waals surface area (Å²) in [6, 6.07) is 13.3. The molecule has 0 bridgehead atoms. The van der Waals surface area contributed by atoms with Crippen molar-refractivity contribution in [1.29, 1.82) is 0 Å². The molecule has 28 heavy (non-hydrogen) atoms. The van der Waals surface area contributed by atoms with Crippen LogP contribution in [-0.2, 0) is 16.6 Å². The van der Waals surface area contributed by atoms with E-state index in [1.165, 1.54) is 0 Å². The lowest BCUT2D eigenvalue weighted by Gasteiger charge is -2.11. The van der Waals surface area contributed by atoms with E-state index >= 15 is 0 Å². The van der Waals surface area contributed by atoms with Crippen LogP contribution < -0.4 is 14.2 Å². The number of nitrogens with zero attached hydrogens (tertiary/aromatic N) is 1. The van der Waals surface area contributed by atoms with E-state index in [-0.39, 0.29) is 12.3 Å². The molecule has 3 rings (SSSR count). The number of thiazole rings is 1. The molecule has 150 valence electrons. The molecule has 0 aliphatic heterocycles. The first kappa shape index (κ1) is 20.9. The zero-order valence-corrected chi connectivity index (χ0v) is 18.1. The first-order valence-corrected chi connectivity index (χ1v) is 12.1. The lowest BCUT2D eigenvalue weighted by molar-refractivity contribution is 0.398. The van der Waals surface area contributed by atoms with Crippen LogP contribution >= 0.6 is 23.1 Å². The van der Waals surface area contributed by atoms with Gasteiger partial charge in [-0.1, -0.05) is 23.9 Å². The summed E-state index contributed by atoms with van der Waals surface area (Å²) in [5.41, 5.74) is 1.71. The molecule has 1 heterocycles. The van der Waals surface area contributed by atoms with Gasteiger partial charge < -0.3 is 9.47 Å². The van der Waals surface area contributed by atoms with E-state index < -0.39 is 10.0 Å². The third-order valence-corrected chi connectivity index (χ3v) is 7.70. The standard InChI is InChI=1S/C19H22N2O4S3/c1-24-15-8-9-17(25-2)14(12-15)13-20-28(22,23)11-5-10-26-19-21-16-6-3-4-7-18(16)27-19/h3-4,6-9,12,20H,5,10-11,13H2,1-2H3. The molecule has 0 unspecified atom stereocenters. The van der Waals surface area contributed by atoms with Crippen LogP contribution in [0.15, 0.2) is 46.8 Å². The minimum atomic E-state index is -3.38. The highest BCUT2D eigenvalue weighted by molar-refractivity contribution is 8.01. The number of thioether (sulfide) groups is 1. The summed E-state index contributed by atoms with van der Waals surface area (Å²) >= 11 is 3.22. The number of fused-ring (bicyclic) bond motifs is 1. The van der Waals surface area contributed by atoms with Crippen molar-refractivity contribution in [3.63, 3.8) is 0 Å². The predicted octanol–water partition coefficient (Wildman–Crippen LogP) is 3.92. The van der Waals surface area contributed by atoms with E-state index in [0.29, 0.717) is 23.7 Å². The van der Waals surface area contributed by atoms with Gasteiger partial charge in [-0.3, -0.25) is 0 Å². The number of hydrogen-bond acceptors (Lipinski definition) is 7. The number of rotatable bonds is 10. The summed E-state index contributed by atoms with van der Waals surface area (Å²) in [5.74, 6) is 2.04. The zero-order valence-electron chi connectivity index (χ0n) is 15.7. The maximum Gasteiger partial charge on any atom is 0.211 e. The number of sulfonamides is 1. The lowest BCUT2D eigenvalue weighted by Crippen LogP contribution is -2.26.